The Hall–Kier alpha value is -4.07. The molecule has 1 radical (unpaired) electrons. The van der Waals surface area contributed by atoms with Crippen LogP contribution in [0.1, 0.15) is 11.1 Å². The summed E-state index contributed by atoms with van der Waals surface area (Å²) in [6, 6.07) is 15.9. The normalized spacial score (nSPS) is 16.2. The van der Waals surface area contributed by atoms with Crippen molar-refractivity contribution < 1.29 is 35.8 Å². The van der Waals surface area contributed by atoms with E-state index < -0.39 is 0 Å². The monoisotopic (exact) mass is 541 g/mol. The Kier molecular flexibility index (Phi) is 11.4. The topological polar surface area (TPSA) is 76.7 Å². The molecule has 6 nitrogen and oxygen atoms in total. The second kappa shape index (κ2) is 14.5. The van der Waals surface area contributed by atoms with E-state index in [2.05, 4.69) is 10.6 Å². The van der Waals surface area contributed by atoms with Crippen molar-refractivity contribution in [1.29, 1.82) is 0 Å². The number of ketones is 2. The van der Waals surface area contributed by atoms with Crippen LogP contribution in [0.4, 0.5) is 11.4 Å². The van der Waals surface area contributed by atoms with Crippen LogP contribution in [-0.4, -0.2) is 25.8 Å². The summed E-state index contributed by atoms with van der Waals surface area (Å²) in [5.41, 5.74) is 5.45. The number of rotatable bonds is 6. The zero-order valence-electron chi connectivity index (χ0n) is 21.2. The summed E-state index contributed by atoms with van der Waals surface area (Å²) in [6.45, 7) is 4.07. The van der Waals surface area contributed by atoms with Gasteiger partial charge in [-0.1, -0.05) is 47.5 Å². The first-order valence-corrected chi connectivity index (χ1v) is 11.4. The third-order valence-corrected chi connectivity index (χ3v) is 5.35. The number of allylic oxidation sites excluding steroid dienone is 8. The molecular weight excluding hydrogens is 511 g/mol. The van der Waals surface area contributed by atoms with Crippen LogP contribution in [0, 0.1) is 13.8 Å². The minimum atomic E-state index is -0.111. The molecule has 0 atom stereocenters. The summed E-state index contributed by atoms with van der Waals surface area (Å²) in [5, 5.41) is 6.20. The second-order valence-electron chi connectivity index (χ2n) is 8.07. The van der Waals surface area contributed by atoms with Crippen LogP contribution in [0.3, 0.4) is 0 Å². The molecule has 37 heavy (non-hydrogen) atoms. The summed E-state index contributed by atoms with van der Waals surface area (Å²) < 4.78 is 9.99. The van der Waals surface area contributed by atoms with Gasteiger partial charge in [0.2, 0.25) is 11.6 Å². The van der Waals surface area contributed by atoms with Gasteiger partial charge in [0.25, 0.3) is 0 Å². The number of methoxy groups -OCH3 is 2. The van der Waals surface area contributed by atoms with Crippen molar-refractivity contribution in [1.82, 2.24) is 0 Å². The number of carbonyl (C=O) groups excluding carboxylic acids is 2. The molecule has 0 unspecified atom stereocenters. The van der Waals surface area contributed by atoms with Crippen LogP contribution in [0.25, 0.3) is 0 Å². The predicted octanol–water partition coefficient (Wildman–Crippen LogP) is 5.92. The summed E-state index contributed by atoms with van der Waals surface area (Å²) >= 11 is 0. The second-order valence-corrected chi connectivity index (χ2v) is 8.07. The number of anilines is 2. The number of hydrogen-bond acceptors (Lipinski definition) is 6. The van der Waals surface area contributed by atoms with Crippen LogP contribution in [0.15, 0.2) is 120 Å². The van der Waals surface area contributed by atoms with Crippen molar-refractivity contribution in [2.24, 2.45) is 0 Å². The van der Waals surface area contributed by atoms with Crippen LogP contribution in [-0.2, 0) is 35.8 Å². The van der Waals surface area contributed by atoms with Crippen molar-refractivity contribution in [3.05, 3.63) is 131 Å². The maximum atomic E-state index is 11.9. The Morgan fingerprint density at radius 2 is 0.973 bits per heavy atom. The first kappa shape index (κ1) is 29.2. The molecule has 2 aromatic rings. The molecule has 0 aliphatic heterocycles. The molecule has 0 spiro atoms. The minimum Gasteiger partial charge on any atom is -0.493 e. The average Bonchev–Trinajstić information content (AvgIpc) is 2.90. The summed E-state index contributed by atoms with van der Waals surface area (Å²) in [5.74, 6) is 0.489. The molecule has 2 aromatic carbocycles. The number of Topliss-reactive ketones (excluding diaryl/α,β-unsaturated/α-hetero) is 2. The molecule has 0 amide bonds. The van der Waals surface area contributed by atoms with E-state index in [1.165, 1.54) is 25.3 Å². The Labute approximate surface area is 228 Å². The van der Waals surface area contributed by atoms with Crippen molar-refractivity contribution in [2.75, 3.05) is 24.9 Å². The van der Waals surface area contributed by atoms with Gasteiger partial charge in [-0.15, -0.1) is 0 Å². The third kappa shape index (κ3) is 8.52. The molecule has 0 aromatic heterocycles. The number of nitrogens with one attached hydrogen (secondary N) is 2. The van der Waals surface area contributed by atoms with Gasteiger partial charge in [0.15, 0.2) is 11.5 Å². The van der Waals surface area contributed by atoms with Gasteiger partial charge in [-0.3, -0.25) is 9.59 Å². The quantitative estimate of drug-likeness (QED) is 0.443. The van der Waals surface area contributed by atoms with E-state index in [0.717, 1.165) is 11.4 Å². The summed E-state index contributed by atoms with van der Waals surface area (Å²) in [6.07, 6.45) is 13.8. The number of hydrogen-bond donors (Lipinski definition) is 2. The Balaban J connectivity index is 0.000000253. The van der Waals surface area contributed by atoms with E-state index in [0.29, 0.717) is 22.7 Å². The molecule has 0 fully saturated rings. The molecule has 193 valence electrons. The maximum Gasteiger partial charge on any atom is 0.228 e. The Morgan fingerprint density at radius 3 is 1.30 bits per heavy atom. The largest absolute Gasteiger partial charge is 0.493 e. The van der Waals surface area contributed by atoms with Gasteiger partial charge in [-0.2, -0.15) is 0 Å². The van der Waals surface area contributed by atoms with Crippen LogP contribution in [0.2, 0.25) is 0 Å². The van der Waals surface area contributed by atoms with E-state index in [1.54, 1.807) is 48.9 Å². The molecule has 7 heteroatoms. The maximum absolute atomic E-state index is 11.9. The van der Waals surface area contributed by atoms with Gasteiger partial charge >= 0.3 is 0 Å². The molecule has 4 rings (SSSR count). The first-order chi connectivity index (χ1) is 17.4. The Bertz CT molecular complexity index is 1180. The smallest absolute Gasteiger partial charge is 0.228 e. The van der Waals surface area contributed by atoms with E-state index in [1.807, 2.05) is 62.4 Å². The number of benzene rings is 2. The number of ether oxygens (including phenoxy) is 2. The van der Waals surface area contributed by atoms with Crippen LogP contribution >= 0.6 is 0 Å². The van der Waals surface area contributed by atoms with Gasteiger partial charge in [-0.05, 0) is 62.4 Å². The molecule has 0 saturated carbocycles. The molecule has 0 bridgehead atoms. The van der Waals surface area contributed by atoms with Crippen molar-refractivity contribution in [3.63, 3.8) is 0 Å². The molecule has 2 N–H and O–H groups in total. The van der Waals surface area contributed by atoms with E-state index >= 15 is 0 Å². The number of carbonyl (C=O) groups is 2. The van der Waals surface area contributed by atoms with Gasteiger partial charge in [0.05, 0.1) is 14.2 Å². The standard InChI is InChI=1S/2C15H15NO2.Co/c2*1-11-6-8-13(9-7-11)16-10-12-4-3-5-14(18-2)15(12)17;/h2*3-10,16H,1-2H3;. The zero-order valence-corrected chi connectivity index (χ0v) is 22.2. The van der Waals surface area contributed by atoms with Crippen molar-refractivity contribution in [2.45, 2.75) is 13.8 Å². The fourth-order valence-corrected chi connectivity index (χ4v) is 3.24. The molecule has 0 saturated heterocycles. The van der Waals surface area contributed by atoms with Gasteiger partial charge in [-0.25, -0.2) is 0 Å². The average molecular weight is 542 g/mol. The van der Waals surface area contributed by atoms with Gasteiger partial charge in [0.1, 0.15) is 0 Å². The van der Waals surface area contributed by atoms with Crippen molar-refractivity contribution >= 4 is 22.9 Å². The molecule has 2 aliphatic rings. The summed E-state index contributed by atoms with van der Waals surface area (Å²) in [7, 11) is 2.99. The predicted molar refractivity (Wildman–Crippen MR) is 144 cm³/mol. The van der Waals surface area contributed by atoms with E-state index in [9.17, 15) is 9.59 Å². The minimum absolute atomic E-state index is 0. The van der Waals surface area contributed by atoms with Gasteiger partial charge < -0.3 is 20.1 Å². The molecule has 2 aliphatic carbocycles. The SMILES string of the molecule is COC1=CC=CC(=CNc2ccc(C)cc2)C1=O.COC1=CC=CC(=CNc2ccc(C)cc2)C1=O.[Co]. The first-order valence-electron chi connectivity index (χ1n) is 11.4. The Morgan fingerprint density at radius 1 is 0.622 bits per heavy atom. The van der Waals surface area contributed by atoms with Crippen LogP contribution in [0.5, 0.6) is 0 Å². The van der Waals surface area contributed by atoms with Crippen LogP contribution < -0.4 is 10.6 Å². The van der Waals surface area contributed by atoms with Crippen molar-refractivity contribution in [3.8, 4) is 0 Å². The van der Waals surface area contributed by atoms with E-state index in [-0.39, 0.29) is 28.3 Å². The zero-order chi connectivity index (χ0) is 25.9. The summed E-state index contributed by atoms with van der Waals surface area (Å²) in [4.78, 5) is 23.8. The number of aryl methyl sites for hydroxylation is 2. The van der Waals surface area contributed by atoms with Gasteiger partial charge in [0, 0.05) is 51.7 Å². The molecular formula is C30H30CoN2O4. The third-order valence-electron chi connectivity index (χ3n) is 5.35. The fourth-order valence-electron chi connectivity index (χ4n) is 3.24. The van der Waals surface area contributed by atoms with E-state index in [4.69, 9.17) is 9.47 Å². The molecule has 0 heterocycles. The fraction of sp³-hybridized carbons (Fsp3) is 0.133.